The van der Waals surface area contributed by atoms with E-state index < -0.39 is 11.0 Å². The number of aliphatic hydroxyl groups excluding tert-OH is 1. The number of fused-ring (bicyclic) bond motifs is 1. The molecule has 0 aliphatic rings. The summed E-state index contributed by atoms with van der Waals surface area (Å²) in [6.07, 6.45) is 0.311. The number of nitro benzene ring substituents is 1. The molecule has 0 saturated heterocycles. The normalized spacial score (nSPS) is 12.8. The molecule has 1 unspecified atom stereocenters. The molecule has 0 aliphatic carbocycles. The largest absolute Gasteiger partial charge is 0.393 e. The van der Waals surface area contributed by atoms with Crippen LogP contribution >= 0.6 is 11.3 Å². The van der Waals surface area contributed by atoms with Gasteiger partial charge in [-0.15, -0.1) is 11.3 Å². The average molecular weight is 266 g/mol. The molecular formula is C12H14N2O3S. The maximum atomic E-state index is 11.1. The number of thiazole rings is 1. The quantitative estimate of drug-likeness (QED) is 0.682. The van der Waals surface area contributed by atoms with Gasteiger partial charge in [-0.2, -0.15) is 0 Å². The molecule has 96 valence electrons. The number of aliphatic hydroxyl groups is 1. The summed E-state index contributed by atoms with van der Waals surface area (Å²) in [4.78, 5) is 15.0. The summed E-state index contributed by atoms with van der Waals surface area (Å²) < 4.78 is 0.814. The van der Waals surface area contributed by atoms with Gasteiger partial charge in [0.25, 0.3) is 5.69 Å². The monoisotopic (exact) mass is 266 g/mol. The van der Waals surface area contributed by atoms with Crippen LogP contribution in [0.3, 0.4) is 0 Å². The first-order chi connectivity index (χ1) is 8.51. The van der Waals surface area contributed by atoms with Gasteiger partial charge in [-0.1, -0.05) is 6.92 Å². The second-order valence-electron chi connectivity index (χ2n) is 4.20. The second-order valence-corrected chi connectivity index (χ2v) is 5.44. The molecule has 0 amide bonds. The molecule has 1 aromatic heterocycles. The van der Waals surface area contributed by atoms with Crippen molar-refractivity contribution in [1.29, 1.82) is 0 Å². The van der Waals surface area contributed by atoms with Gasteiger partial charge in [0.05, 0.1) is 26.3 Å². The molecule has 5 nitrogen and oxygen atoms in total. The molecule has 0 radical (unpaired) electrons. The van der Waals surface area contributed by atoms with Crippen LogP contribution in [0.25, 0.3) is 10.2 Å². The first-order valence-electron chi connectivity index (χ1n) is 5.73. The van der Waals surface area contributed by atoms with Gasteiger partial charge in [0.2, 0.25) is 0 Å². The summed E-state index contributed by atoms with van der Waals surface area (Å²) >= 11 is 1.44. The van der Waals surface area contributed by atoms with Crippen LogP contribution in [0.4, 0.5) is 5.69 Å². The van der Waals surface area contributed by atoms with Crippen molar-refractivity contribution < 1.29 is 10.0 Å². The molecule has 1 N–H and O–H groups in total. The molecule has 0 bridgehead atoms. The highest BCUT2D eigenvalue weighted by molar-refractivity contribution is 7.18. The Kier molecular flexibility index (Phi) is 3.58. The third-order valence-corrected chi connectivity index (χ3v) is 3.75. The van der Waals surface area contributed by atoms with Gasteiger partial charge in [0, 0.05) is 18.1 Å². The molecule has 0 spiro atoms. The van der Waals surface area contributed by atoms with E-state index in [1.165, 1.54) is 11.3 Å². The molecule has 0 fully saturated rings. The van der Waals surface area contributed by atoms with Gasteiger partial charge >= 0.3 is 0 Å². The van der Waals surface area contributed by atoms with Crippen LogP contribution in [0.1, 0.15) is 23.9 Å². The van der Waals surface area contributed by atoms with Crippen molar-refractivity contribution in [3.8, 4) is 0 Å². The van der Waals surface area contributed by atoms with Crippen LogP contribution in [0, 0.1) is 17.0 Å². The number of aromatic nitrogens is 1. The van der Waals surface area contributed by atoms with Crippen LogP contribution in [0.2, 0.25) is 0 Å². The number of nitro groups is 1. The Balaban J connectivity index is 2.53. The first kappa shape index (κ1) is 12.9. The Morgan fingerprint density at radius 1 is 1.56 bits per heavy atom. The summed E-state index contributed by atoms with van der Waals surface area (Å²) in [6, 6.07) is 3.27. The summed E-state index contributed by atoms with van der Waals surface area (Å²) in [5, 5.41) is 21.6. The third kappa shape index (κ3) is 2.49. The summed E-state index contributed by atoms with van der Waals surface area (Å²) in [7, 11) is 0. The number of benzene rings is 1. The summed E-state index contributed by atoms with van der Waals surface area (Å²) in [5.41, 5.74) is 1.38. The van der Waals surface area contributed by atoms with Crippen molar-refractivity contribution in [2.24, 2.45) is 0 Å². The van der Waals surface area contributed by atoms with Crippen molar-refractivity contribution in [3.05, 3.63) is 32.8 Å². The maximum absolute atomic E-state index is 11.1. The van der Waals surface area contributed by atoms with Crippen molar-refractivity contribution in [2.75, 3.05) is 0 Å². The number of hydrogen-bond donors (Lipinski definition) is 1. The number of hydrogen-bond acceptors (Lipinski definition) is 5. The summed E-state index contributed by atoms with van der Waals surface area (Å²) in [5.74, 6) is 0. The van der Waals surface area contributed by atoms with Gasteiger partial charge in [-0.25, -0.2) is 4.98 Å². The highest BCUT2D eigenvalue weighted by Gasteiger charge is 2.18. The van der Waals surface area contributed by atoms with Crippen LogP contribution < -0.4 is 0 Å². The van der Waals surface area contributed by atoms with E-state index in [-0.39, 0.29) is 5.69 Å². The fourth-order valence-corrected chi connectivity index (χ4v) is 2.70. The van der Waals surface area contributed by atoms with Gasteiger partial charge in [0.15, 0.2) is 0 Å². The average Bonchev–Trinajstić information content (AvgIpc) is 2.66. The Labute approximate surface area is 108 Å². The lowest BCUT2D eigenvalue weighted by Crippen LogP contribution is -2.10. The molecule has 1 aromatic carbocycles. The zero-order valence-electron chi connectivity index (χ0n) is 10.2. The van der Waals surface area contributed by atoms with Crippen LogP contribution in [0.15, 0.2) is 12.1 Å². The van der Waals surface area contributed by atoms with E-state index in [4.69, 9.17) is 0 Å². The van der Waals surface area contributed by atoms with Crippen LogP contribution in [-0.2, 0) is 6.42 Å². The predicted molar refractivity (Wildman–Crippen MR) is 71.0 cm³/mol. The first-order valence-corrected chi connectivity index (χ1v) is 6.55. The second kappa shape index (κ2) is 4.99. The van der Waals surface area contributed by atoms with Crippen molar-refractivity contribution in [3.63, 3.8) is 0 Å². The van der Waals surface area contributed by atoms with Crippen molar-refractivity contribution in [1.82, 2.24) is 4.98 Å². The smallest absolute Gasteiger partial charge is 0.274 e. The highest BCUT2D eigenvalue weighted by atomic mass is 32.1. The minimum atomic E-state index is -0.555. The van der Waals surface area contributed by atoms with Gasteiger partial charge in [-0.05, 0) is 19.4 Å². The standard InChI is InChI=1S/C12H14N2O3S/c1-3-9(15)4-8-5-10-12(18-7(2)13-10)6-11(8)14(16)17/h5-6,9,15H,3-4H2,1-2H3. The Bertz CT molecular complexity index is 594. The molecule has 0 saturated carbocycles. The van der Waals surface area contributed by atoms with E-state index in [0.29, 0.717) is 18.4 Å². The maximum Gasteiger partial charge on any atom is 0.274 e. The zero-order valence-corrected chi connectivity index (χ0v) is 11.0. The molecular weight excluding hydrogens is 252 g/mol. The summed E-state index contributed by atoms with van der Waals surface area (Å²) in [6.45, 7) is 3.72. The van der Waals surface area contributed by atoms with Crippen molar-refractivity contribution >= 4 is 27.2 Å². The Hall–Kier alpha value is -1.53. The minimum absolute atomic E-state index is 0.0682. The lowest BCUT2D eigenvalue weighted by Gasteiger charge is -2.08. The molecule has 1 heterocycles. The van der Waals surface area contributed by atoms with E-state index in [9.17, 15) is 15.2 Å². The molecule has 6 heteroatoms. The minimum Gasteiger partial charge on any atom is -0.393 e. The zero-order chi connectivity index (χ0) is 13.3. The predicted octanol–water partition coefficient (Wildman–Crippen LogP) is 2.83. The van der Waals surface area contributed by atoms with E-state index in [1.54, 1.807) is 12.1 Å². The van der Waals surface area contributed by atoms with Crippen LogP contribution in [-0.4, -0.2) is 21.1 Å². The van der Waals surface area contributed by atoms with E-state index in [1.807, 2.05) is 13.8 Å². The number of nitrogens with zero attached hydrogens (tertiary/aromatic N) is 2. The van der Waals surface area contributed by atoms with Gasteiger partial charge < -0.3 is 5.11 Å². The highest BCUT2D eigenvalue weighted by Crippen LogP contribution is 2.30. The molecule has 18 heavy (non-hydrogen) atoms. The van der Waals surface area contributed by atoms with Gasteiger partial charge in [0.1, 0.15) is 0 Å². The number of aryl methyl sites for hydroxylation is 1. The van der Waals surface area contributed by atoms with E-state index >= 15 is 0 Å². The molecule has 2 rings (SSSR count). The van der Waals surface area contributed by atoms with Crippen molar-refractivity contribution in [2.45, 2.75) is 32.8 Å². The SMILES string of the molecule is CCC(O)Cc1cc2nc(C)sc2cc1[N+](=O)[O-]. The Morgan fingerprint density at radius 3 is 2.89 bits per heavy atom. The topological polar surface area (TPSA) is 76.3 Å². The lowest BCUT2D eigenvalue weighted by molar-refractivity contribution is -0.385. The third-order valence-electron chi connectivity index (χ3n) is 2.82. The molecule has 2 aromatic rings. The van der Waals surface area contributed by atoms with Gasteiger partial charge in [-0.3, -0.25) is 10.1 Å². The molecule has 1 atom stereocenters. The Morgan fingerprint density at radius 2 is 2.28 bits per heavy atom. The fourth-order valence-electron chi connectivity index (χ4n) is 1.85. The van der Waals surface area contributed by atoms with E-state index in [0.717, 1.165) is 15.2 Å². The number of rotatable bonds is 4. The lowest BCUT2D eigenvalue weighted by atomic mass is 10.0. The molecule has 0 aliphatic heterocycles. The fraction of sp³-hybridized carbons (Fsp3) is 0.417. The van der Waals surface area contributed by atoms with E-state index in [2.05, 4.69) is 4.98 Å². The van der Waals surface area contributed by atoms with Crippen LogP contribution in [0.5, 0.6) is 0 Å².